The number of nitrogens with one attached hydrogen (secondary N) is 3. The maximum absolute atomic E-state index is 3.59. The molecule has 0 heterocycles. The van der Waals surface area contributed by atoms with Crippen molar-refractivity contribution in [2.45, 2.75) is 77.0 Å². The van der Waals surface area contributed by atoms with Crippen LogP contribution < -0.4 is 16.0 Å². The lowest BCUT2D eigenvalue weighted by Gasteiger charge is -2.05. The number of unbranched alkanes of at least 4 members (excludes halogenated alkanes) is 10. The summed E-state index contributed by atoms with van der Waals surface area (Å²) in [7, 11) is 4.07. The lowest BCUT2D eigenvalue weighted by Crippen LogP contribution is -2.16. The molecule has 0 bridgehead atoms. The second-order valence-corrected chi connectivity index (χ2v) is 6.20. The van der Waals surface area contributed by atoms with Gasteiger partial charge >= 0.3 is 0 Å². The molecule has 0 aromatic carbocycles. The molecule has 0 rings (SSSR count). The Kier molecular flexibility index (Phi) is 19.8. The Hall–Kier alpha value is -0.120. The molecule has 0 aromatic heterocycles. The SMILES string of the molecule is CNCCCCCCCCNCCCCCCCCNC. The predicted molar refractivity (Wildman–Crippen MR) is 96.1 cm³/mol. The van der Waals surface area contributed by atoms with Crippen molar-refractivity contribution in [2.75, 3.05) is 40.3 Å². The second kappa shape index (κ2) is 19.9. The molecule has 0 radical (unpaired) electrons. The quantitative estimate of drug-likeness (QED) is 0.338. The van der Waals surface area contributed by atoms with Crippen LogP contribution in [0.3, 0.4) is 0 Å². The summed E-state index contributed by atoms with van der Waals surface area (Å²) < 4.78 is 0. The molecule has 0 unspecified atom stereocenters. The molecule has 0 saturated carbocycles. The van der Waals surface area contributed by atoms with Crippen molar-refractivity contribution in [3.8, 4) is 0 Å². The topological polar surface area (TPSA) is 36.1 Å². The van der Waals surface area contributed by atoms with Gasteiger partial charge in [0.25, 0.3) is 0 Å². The molecule has 0 atom stereocenters. The van der Waals surface area contributed by atoms with Crippen LogP contribution in [0.15, 0.2) is 0 Å². The summed E-state index contributed by atoms with van der Waals surface area (Å²) in [5.41, 5.74) is 0. The zero-order valence-electron chi connectivity index (χ0n) is 14.8. The minimum Gasteiger partial charge on any atom is -0.320 e. The lowest BCUT2D eigenvalue weighted by atomic mass is 10.1. The zero-order chi connectivity index (χ0) is 15.4. The summed E-state index contributed by atoms with van der Waals surface area (Å²) in [6.45, 7) is 4.80. The largest absolute Gasteiger partial charge is 0.320 e. The van der Waals surface area contributed by atoms with Gasteiger partial charge in [-0.1, -0.05) is 51.4 Å². The van der Waals surface area contributed by atoms with Crippen molar-refractivity contribution in [3.05, 3.63) is 0 Å². The van der Waals surface area contributed by atoms with E-state index in [4.69, 9.17) is 0 Å². The van der Waals surface area contributed by atoms with Crippen molar-refractivity contribution in [3.63, 3.8) is 0 Å². The molecule has 128 valence electrons. The van der Waals surface area contributed by atoms with Gasteiger partial charge in [-0.3, -0.25) is 0 Å². The highest BCUT2D eigenvalue weighted by atomic mass is 14.8. The molecule has 0 amide bonds. The van der Waals surface area contributed by atoms with E-state index in [1.165, 1.54) is 103 Å². The van der Waals surface area contributed by atoms with Gasteiger partial charge in [-0.05, 0) is 66.0 Å². The van der Waals surface area contributed by atoms with Crippen LogP contribution in [-0.4, -0.2) is 40.3 Å². The van der Waals surface area contributed by atoms with Gasteiger partial charge in [0.1, 0.15) is 0 Å². The normalized spacial score (nSPS) is 11.1. The molecule has 0 fully saturated rings. The third kappa shape index (κ3) is 19.9. The van der Waals surface area contributed by atoms with Crippen molar-refractivity contribution < 1.29 is 0 Å². The maximum atomic E-state index is 3.59. The standard InChI is InChI=1S/C18H41N3/c1-19-15-11-7-3-5-9-13-17-21-18-14-10-6-4-8-12-16-20-2/h19-21H,3-18H2,1-2H3. The number of hydrogen-bond donors (Lipinski definition) is 3. The lowest BCUT2D eigenvalue weighted by molar-refractivity contribution is 0.535. The molecule has 3 nitrogen and oxygen atoms in total. The fraction of sp³-hybridized carbons (Fsp3) is 1.00. The summed E-state index contributed by atoms with van der Waals surface area (Å²) in [4.78, 5) is 0. The first-order valence-corrected chi connectivity index (χ1v) is 9.41. The van der Waals surface area contributed by atoms with Crippen LogP contribution in [0.25, 0.3) is 0 Å². The Bertz CT molecular complexity index is 156. The van der Waals surface area contributed by atoms with E-state index in [0.29, 0.717) is 0 Å². The van der Waals surface area contributed by atoms with E-state index in [2.05, 4.69) is 16.0 Å². The maximum Gasteiger partial charge on any atom is -0.00489 e. The van der Waals surface area contributed by atoms with Gasteiger partial charge in [-0.25, -0.2) is 0 Å². The van der Waals surface area contributed by atoms with Gasteiger partial charge in [0.2, 0.25) is 0 Å². The molecule has 3 heteroatoms. The molecular weight excluding hydrogens is 258 g/mol. The molecule has 0 aliphatic carbocycles. The highest BCUT2D eigenvalue weighted by Crippen LogP contribution is 2.05. The van der Waals surface area contributed by atoms with Crippen LogP contribution in [0, 0.1) is 0 Å². The first-order valence-electron chi connectivity index (χ1n) is 9.41. The molecule has 21 heavy (non-hydrogen) atoms. The van der Waals surface area contributed by atoms with Gasteiger partial charge < -0.3 is 16.0 Å². The Morgan fingerprint density at radius 1 is 0.381 bits per heavy atom. The first-order chi connectivity index (χ1) is 10.4. The van der Waals surface area contributed by atoms with Crippen LogP contribution in [0.1, 0.15) is 77.0 Å². The van der Waals surface area contributed by atoms with E-state index in [1.54, 1.807) is 0 Å². The summed E-state index contributed by atoms with van der Waals surface area (Å²) in [6.07, 6.45) is 16.6. The van der Waals surface area contributed by atoms with Crippen molar-refractivity contribution in [1.29, 1.82) is 0 Å². The van der Waals surface area contributed by atoms with Gasteiger partial charge in [-0.15, -0.1) is 0 Å². The van der Waals surface area contributed by atoms with Gasteiger partial charge in [0, 0.05) is 0 Å². The predicted octanol–water partition coefficient (Wildman–Crippen LogP) is 3.70. The van der Waals surface area contributed by atoms with E-state index in [9.17, 15) is 0 Å². The molecule has 0 aliphatic heterocycles. The van der Waals surface area contributed by atoms with E-state index in [0.717, 1.165) is 0 Å². The van der Waals surface area contributed by atoms with E-state index in [1.807, 2.05) is 14.1 Å². The number of hydrogen-bond acceptors (Lipinski definition) is 3. The number of rotatable bonds is 18. The summed E-state index contributed by atoms with van der Waals surface area (Å²) in [5, 5.41) is 10.0. The van der Waals surface area contributed by atoms with Crippen LogP contribution >= 0.6 is 0 Å². The smallest absolute Gasteiger partial charge is 0.00489 e. The zero-order valence-corrected chi connectivity index (χ0v) is 14.8. The van der Waals surface area contributed by atoms with E-state index < -0.39 is 0 Å². The Morgan fingerprint density at radius 3 is 1.00 bits per heavy atom. The highest BCUT2D eigenvalue weighted by Gasteiger charge is 1.93. The van der Waals surface area contributed by atoms with Crippen LogP contribution in [0.2, 0.25) is 0 Å². The Balaban J connectivity index is 2.90. The van der Waals surface area contributed by atoms with Crippen LogP contribution in [0.5, 0.6) is 0 Å². The monoisotopic (exact) mass is 299 g/mol. The fourth-order valence-corrected chi connectivity index (χ4v) is 2.64. The first kappa shape index (κ1) is 20.9. The molecule has 0 aliphatic rings. The molecule has 0 saturated heterocycles. The summed E-state index contributed by atoms with van der Waals surface area (Å²) in [5.74, 6) is 0. The summed E-state index contributed by atoms with van der Waals surface area (Å²) in [6, 6.07) is 0. The van der Waals surface area contributed by atoms with Gasteiger partial charge in [0.05, 0.1) is 0 Å². The molecular formula is C18H41N3. The van der Waals surface area contributed by atoms with Gasteiger partial charge in [0.15, 0.2) is 0 Å². The fourth-order valence-electron chi connectivity index (χ4n) is 2.64. The van der Waals surface area contributed by atoms with E-state index in [-0.39, 0.29) is 0 Å². The minimum absolute atomic E-state index is 1.18. The summed E-state index contributed by atoms with van der Waals surface area (Å²) >= 11 is 0. The average molecular weight is 300 g/mol. The second-order valence-electron chi connectivity index (χ2n) is 6.20. The third-order valence-corrected chi connectivity index (χ3v) is 4.06. The third-order valence-electron chi connectivity index (χ3n) is 4.06. The molecule has 0 spiro atoms. The Labute approximate surface area is 134 Å². The average Bonchev–Trinajstić information content (AvgIpc) is 2.50. The van der Waals surface area contributed by atoms with Crippen molar-refractivity contribution in [2.24, 2.45) is 0 Å². The van der Waals surface area contributed by atoms with Crippen LogP contribution in [-0.2, 0) is 0 Å². The van der Waals surface area contributed by atoms with Gasteiger partial charge in [-0.2, -0.15) is 0 Å². The van der Waals surface area contributed by atoms with Crippen molar-refractivity contribution in [1.82, 2.24) is 16.0 Å². The Morgan fingerprint density at radius 2 is 0.667 bits per heavy atom. The van der Waals surface area contributed by atoms with E-state index >= 15 is 0 Å². The minimum atomic E-state index is 1.18. The highest BCUT2D eigenvalue weighted by molar-refractivity contribution is 4.52. The van der Waals surface area contributed by atoms with Crippen LogP contribution in [0.4, 0.5) is 0 Å². The van der Waals surface area contributed by atoms with Crippen molar-refractivity contribution >= 4 is 0 Å². The molecule has 0 aromatic rings. The molecule has 3 N–H and O–H groups in total.